The van der Waals surface area contributed by atoms with Gasteiger partial charge in [-0.1, -0.05) is 42.5 Å². The number of aryl methyl sites for hydroxylation is 1. The molecule has 0 atom stereocenters. The predicted molar refractivity (Wildman–Crippen MR) is 248 cm³/mol. The van der Waals surface area contributed by atoms with Crippen molar-refractivity contribution in [2.24, 2.45) is 7.05 Å². The van der Waals surface area contributed by atoms with E-state index in [0.717, 1.165) is 26.2 Å². The van der Waals surface area contributed by atoms with Crippen LogP contribution in [-0.2, 0) is 31.8 Å². The maximum absolute atomic E-state index is 5.17. The van der Waals surface area contributed by atoms with Crippen LogP contribution < -0.4 is 16.4 Å². The van der Waals surface area contributed by atoms with Gasteiger partial charge in [0, 0.05) is 6.20 Å². The number of hydrogen-bond donors (Lipinski definition) is 0. The van der Waals surface area contributed by atoms with Crippen molar-refractivity contribution in [1.29, 1.82) is 0 Å². The summed E-state index contributed by atoms with van der Waals surface area (Å²) in [6, 6.07) is 81.3. The van der Waals surface area contributed by atoms with E-state index in [2.05, 4.69) is 248 Å². The van der Waals surface area contributed by atoms with E-state index in [-0.39, 0.29) is 6.71 Å². The van der Waals surface area contributed by atoms with Gasteiger partial charge in [-0.05, 0) is 6.07 Å². The first-order valence-corrected chi connectivity index (χ1v) is 21.9. The Morgan fingerprint density at radius 3 is 1.74 bits per heavy atom. The van der Waals surface area contributed by atoms with Gasteiger partial charge in [-0.3, -0.25) is 0 Å². The molecule has 5 heteroatoms. The Balaban J connectivity index is 1.23. The van der Waals surface area contributed by atoms with Crippen LogP contribution in [0.25, 0.3) is 50.1 Å². The second kappa shape index (κ2) is 15.3. The molecule has 2 aromatic heterocycles. The molecule has 1 aliphatic carbocycles. The van der Waals surface area contributed by atoms with Crippen molar-refractivity contribution in [3.8, 4) is 39.1 Å². The van der Waals surface area contributed by atoms with Crippen molar-refractivity contribution in [3.05, 3.63) is 251 Å². The number of fused-ring (bicyclic) bond motifs is 4. The summed E-state index contributed by atoms with van der Waals surface area (Å²) < 4.78 is 5.70. The molecule has 8 aromatic carbocycles. The van der Waals surface area contributed by atoms with Gasteiger partial charge < -0.3 is 0 Å². The van der Waals surface area contributed by atoms with Crippen LogP contribution in [0.2, 0.25) is 0 Å². The van der Waals surface area contributed by atoms with E-state index in [1.165, 1.54) is 66.5 Å². The average Bonchev–Trinajstić information content (AvgIpc) is 3.78. The Kier molecular flexibility index (Phi) is 9.32. The van der Waals surface area contributed by atoms with Gasteiger partial charge in [0.05, 0.1) is 0 Å². The number of imidazole rings is 1. The third-order valence-corrected chi connectivity index (χ3v) is 13.8. The van der Waals surface area contributed by atoms with E-state index < -0.39 is 5.41 Å². The third kappa shape index (κ3) is 6.00. The number of benzene rings is 8. The first kappa shape index (κ1) is 37.2. The second-order valence-electron chi connectivity index (χ2n) is 15.7. The summed E-state index contributed by atoms with van der Waals surface area (Å²) in [5.41, 5.74) is 18.1. The number of pyridine rings is 1. The molecule has 2 heterocycles. The van der Waals surface area contributed by atoms with Gasteiger partial charge >= 0.3 is 315 Å². The normalized spacial score (nSPS) is 12.6. The average molecular weight is 960 g/mol. The van der Waals surface area contributed by atoms with Crippen LogP contribution >= 0.6 is 0 Å². The van der Waals surface area contributed by atoms with Crippen molar-refractivity contribution < 1.29 is 19.4 Å². The van der Waals surface area contributed by atoms with Gasteiger partial charge in [0.15, 0.2) is 0 Å². The van der Waals surface area contributed by atoms with E-state index in [0.29, 0.717) is 0 Å². The van der Waals surface area contributed by atoms with Crippen LogP contribution in [0.4, 0.5) is 0 Å². The van der Waals surface area contributed by atoms with Crippen LogP contribution in [0.3, 0.4) is 0 Å². The zero-order chi connectivity index (χ0) is 40.9. The number of aromatic nitrogens is 3. The summed E-state index contributed by atoms with van der Waals surface area (Å²) in [7, 11) is 2.14. The van der Waals surface area contributed by atoms with E-state index >= 15 is 0 Å². The summed E-state index contributed by atoms with van der Waals surface area (Å²) in [4.78, 5) is 5.17. The maximum atomic E-state index is 5.17. The van der Waals surface area contributed by atoms with Crippen molar-refractivity contribution in [2.45, 2.75) is 5.41 Å². The number of nitrogens with zero attached hydrogens (tertiary/aromatic N) is 3. The molecule has 0 unspecified atom stereocenters. The van der Waals surface area contributed by atoms with Crippen molar-refractivity contribution >= 4 is 34.1 Å². The van der Waals surface area contributed by atoms with Crippen LogP contribution in [0.1, 0.15) is 22.4 Å². The molecule has 292 valence electrons. The summed E-state index contributed by atoms with van der Waals surface area (Å²) in [6.07, 6.45) is 1.93. The molecule has 0 bridgehead atoms. The quantitative estimate of drug-likeness (QED) is 0.110. The molecule has 10 aromatic rings. The molecular formula is C56H39BN3Pt-. The second-order valence-corrected chi connectivity index (χ2v) is 16.7. The molecule has 61 heavy (non-hydrogen) atoms. The fraction of sp³-hybridized carbons (Fsp3) is 0.0357. The number of hydrogen-bond acceptors (Lipinski definition) is 1. The molecule has 1 aliphatic rings. The predicted octanol–water partition coefficient (Wildman–Crippen LogP) is 10.5. The molecule has 0 radical (unpaired) electrons. The van der Waals surface area contributed by atoms with Gasteiger partial charge in [0.2, 0.25) is 0 Å². The molecular weight excluding hydrogens is 921 g/mol. The molecule has 0 N–H and O–H groups in total. The molecule has 11 rings (SSSR count). The van der Waals surface area contributed by atoms with Gasteiger partial charge in [0.25, 0.3) is 0 Å². The number of rotatable bonds is 8. The minimum atomic E-state index is -0.642. The van der Waals surface area contributed by atoms with Crippen LogP contribution in [0, 0.1) is 9.87 Å². The molecule has 0 aliphatic heterocycles. The molecule has 3 nitrogen and oxygen atoms in total. The van der Waals surface area contributed by atoms with E-state index in [1.807, 2.05) is 12.3 Å². The Hall–Kier alpha value is -6.87. The van der Waals surface area contributed by atoms with Gasteiger partial charge in [-0.2, -0.15) is 0 Å². The topological polar surface area (TPSA) is 22.8 Å². The zero-order valence-electron chi connectivity index (χ0n) is 33.5. The van der Waals surface area contributed by atoms with Gasteiger partial charge in [-0.15, -0.1) is 0 Å². The van der Waals surface area contributed by atoms with E-state index in [9.17, 15) is 0 Å². The molecule has 0 spiro atoms. The molecule has 0 saturated heterocycles. The Labute approximate surface area is 367 Å². The number of para-hydroxylation sites is 2. The standard InChI is InChI=1S/C56H39BN3.Pt/c1-59-39-60(53-34-13-12-33-52(53)59)45-26-17-25-44(38-45)57(55-46(40-19-4-2-5-20-40)29-18-30-47(55)41-21-6-3-7-22-41)43-24-16-23-42(37-43)56(54-35-14-15-36-58-54)50-31-10-8-27-48(50)49-28-9-11-32-51(49)56;/h2-37H,1H3;/q-1;. The third-order valence-electron chi connectivity index (χ3n) is 12.5. The van der Waals surface area contributed by atoms with Crippen LogP contribution in [0.5, 0.6) is 0 Å². The zero-order valence-corrected chi connectivity index (χ0v) is 35.8. The van der Waals surface area contributed by atoms with Gasteiger partial charge in [0.1, 0.15) is 0 Å². The first-order valence-electron chi connectivity index (χ1n) is 20.7. The summed E-state index contributed by atoms with van der Waals surface area (Å²) in [6.45, 7) is -0.215. The van der Waals surface area contributed by atoms with E-state index in [4.69, 9.17) is 4.98 Å². The molecule has 0 fully saturated rings. The molecule has 0 saturated carbocycles. The fourth-order valence-corrected chi connectivity index (χ4v) is 10.7. The summed E-state index contributed by atoms with van der Waals surface area (Å²) in [5.74, 6) is 0. The minimum absolute atomic E-state index is 0.215. The summed E-state index contributed by atoms with van der Waals surface area (Å²) in [5, 5.41) is 0. The Morgan fingerprint density at radius 1 is 0.525 bits per heavy atom. The van der Waals surface area contributed by atoms with Crippen molar-refractivity contribution in [1.82, 2.24) is 14.1 Å². The van der Waals surface area contributed by atoms with Crippen LogP contribution in [0.15, 0.2) is 219 Å². The summed E-state index contributed by atoms with van der Waals surface area (Å²) >= 11 is 2.45. The van der Waals surface area contributed by atoms with Crippen molar-refractivity contribution in [3.63, 3.8) is 0 Å². The monoisotopic (exact) mass is 959 g/mol. The van der Waals surface area contributed by atoms with Gasteiger partial charge in [-0.25, -0.2) is 0 Å². The Morgan fingerprint density at radius 2 is 1.08 bits per heavy atom. The SMILES string of the molecule is Cn1[c](=[Pt])n(-c2[c-]c(B(c3cccc(C4(c5ccccn5)c5ccccc5-c5ccccc54)c3)c3c(-c4ccccc4)cccc3-c3ccccc3)ccc2)c2ccccc21. The van der Waals surface area contributed by atoms with Crippen molar-refractivity contribution in [2.75, 3.05) is 0 Å². The molecule has 0 amide bonds. The Bertz CT molecular complexity index is 3200. The van der Waals surface area contributed by atoms with E-state index in [1.54, 1.807) is 0 Å². The fourth-order valence-electron chi connectivity index (χ4n) is 9.89. The van der Waals surface area contributed by atoms with Crippen LogP contribution in [-0.4, -0.2) is 20.8 Å². The first-order chi connectivity index (χ1) is 30.1.